The number of thioether (sulfide) groups is 1. The second kappa shape index (κ2) is 8.65. The lowest BCUT2D eigenvalue weighted by molar-refractivity contribution is -0.119. The number of carbonyl (C=O) groups is 2. The molecule has 6 heteroatoms. The van der Waals surface area contributed by atoms with Gasteiger partial charge in [0.25, 0.3) is 0 Å². The summed E-state index contributed by atoms with van der Waals surface area (Å²) in [6.07, 6.45) is 9.31. The van der Waals surface area contributed by atoms with E-state index in [1.807, 2.05) is 12.1 Å². The molecule has 0 aromatic heterocycles. The Balaban J connectivity index is 1.54. The molecule has 1 aromatic rings. The number of carboxylic acids is 1. The minimum atomic E-state index is -0.911. The Morgan fingerprint density at radius 3 is 2.37 bits per heavy atom. The summed E-state index contributed by atoms with van der Waals surface area (Å²) in [6.45, 7) is 0. The molecule has 0 bridgehead atoms. The molecular formula is C21H29NO4S. The van der Waals surface area contributed by atoms with E-state index in [2.05, 4.69) is 5.32 Å². The molecule has 3 rings (SSSR count). The predicted molar refractivity (Wildman–Crippen MR) is 107 cm³/mol. The monoisotopic (exact) mass is 391 g/mol. The van der Waals surface area contributed by atoms with Crippen LogP contribution in [0.4, 0.5) is 0 Å². The third-order valence-corrected chi connectivity index (χ3v) is 7.34. The predicted octanol–water partition coefficient (Wildman–Crippen LogP) is 3.74. The number of aliphatic hydroxyl groups is 1. The van der Waals surface area contributed by atoms with Gasteiger partial charge >= 0.3 is 5.97 Å². The lowest BCUT2D eigenvalue weighted by Gasteiger charge is -2.36. The van der Waals surface area contributed by atoms with Gasteiger partial charge in [-0.3, -0.25) is 4.79 Å². The van der Waals surface area contributed by atoms with Crippen molar-refractivity contribution in [3.63, 3.8) is 0 Å². The molecule has 0 radical (unpaired) electrons. The zero-order valence-corrected chi connectivity index (χ0v) is 16.5. The third-order valence-electron chi connectivity index (χ3n) is 5.87. The average molecular weight is 392 g/mol. The first kappa shape index (κ1) is 20.2. The largest absolute Gasteiger partial charge is 0.478 e. The van der Waals surface area contributed by atoms with Crippen molar-refractivity contribution in [2.45, 2.75) is 74.7 Å². The van der Waals surface area contributed by atoms with Gasteiger partial charge in [0.1, 0.15) is 0 Å². The molecule has 27 heavy (non-hydrogen) atoms. The van der Waals surface area contributed by atoms with Crippen LogP contribution in [0.1, 0.15) is 73.7 Å². The molecular weight excluding hydrogens is 362 g/mol. The van der Waals surface area contributed by atoms with Crippen LogP contribution in [0.25, 0.3) is 0 Å². The van der Waals surface area contributed by atoms with Gasteiger partial charge in [0.05, 0.1) is 21.8 Å². The molecule has 1 saturated carbocycles. The summed E-state index contributed by atoms with van der Waals surface area (Å²) in [4.78, 5) is 22.5. The van der Waals surface area contributed by atoms with E-state index in [0.29, 0.717) is 11.3 Å². The number of benzene rings is 1. The van der Waals surface area contributed by atoms with Crippen LogP contribution in [0.3, 0.4) is 0 Å². The molecule has 1 atom stereocenters. The van der Waals surface area contributed by atoms with Gasteiger partial charge in [0.15, 0.2) is 0 Å². The molecule has 1 aliphatic heterocycles. The Morgan fingerprint density at radius 2 is 1.78 bits per heavy atom. The summed E-state index contributed by atoms with van der Waals surface area (Å²) in [7, 11) is 0. The Bertz CT molecular complexity index is 669. The van der Waals surface area contributed by atoms with Crippen molar-refractivity contribution in [1.82, 2.24) is 5.32 Å². The molecule has 3 N–H and O–H groups in total. The van der Waals surface area contributed by atoms with Crippen LogP contribution in [0.15, 0.2) is 24.3 Å². The standard InChI is InChI=1S/C21H29NO4S/c23-18-15-27-21(22-18,14-13-20(26)10-2-1-3-11-20)12-4-5-16-6-8-17(9-7-16)19(24)25/h6-9,26H,1-5,10-15H2,(H,22,23)(H,24,25). The van der Waals surface area contributed by atoms with Crippen molar-refractivity contribution in [2.75, 3.05) is 5.75 Å². The van der Waals surface area contributed by atoms with Gasteiger partial charge in [0.2, 0.25) is 5.91 Å². The molecule has 1 aromatic carbocycles. The van der Waals surface area contributed by atoms with E-state index < -0.39 is 11.6 Å². The van der Waals surface area contributed by atoms with Crippen molar-refractivity contribution in [2.24, 2.45) is 0 Å². The fourth-order valence-electron chi connectivity index (χ4n) is 4.21. The fraction of sp³-hybridized carbons (Fsp3) is 0.619. The SMILES string of the molecule is O=C1CSC(CCCc2ccc(C(=O)O)cc2)(CCC2(O)CCCCC2)N1. The maximum Gasteiger partial charge on any atom is 0.335 e. The van der Waals surface area contributed by atoms with Gasteiger partial charge in [-0.2, -0.15) is 0 Å². The number of carboxylic acid groups (broad SMARTS) is 1. The number of aromatic carboxylic acids is 1. The quantitative estimate of drug-likeness (QED) is 0.628. The summed E-state index contributed by atoms with van der Waals surface area (Å²) in [5, 5.41) is 23.0. The minimum absolute atomic E-state index is 0.0847. The van der Waals surface area contributed by atoms with Gasteiger partial charge in [-0.05, 0) is 62.6 Å². The maximum atomic E-state index is 11.9. The summed E-state index contributed by atoms with van der Waals surface area (Å²) in [6, 6.07) is 7.00. The molecule has 1 unspecified atom stereocenters. The third kappa shape index (κ3) is 5.48. The second-order valence-electron chi connectivity index (χ2n) is 7.97. The number of rotatable bonds is 8. The molecule has 2 aliphatic rings. The number of aryl methyl sites for hydroxylation is 1. The van der Waals surface area contributed by atoms with Crippen molar-refractivity contribution in [3.8, 4) is 0 Å². The lowest BCUT2D eigenvalue weighted by Crippen LogP contribution is -2.42. The van der Waals surface area contributed by atoms with Gasteiger partial charge in [0, 0.05) is 0 Å². The first-order chi connectivity index (χ1) is 12.9. The van der Waals surface area contributed by atoms with Crippen LogP contribution in [-0.2, 0) is 11.2 Å². The Labute approximate surface area is 164 Å². The molecule has 1 amide bonds. The normalized spacial score (nSPS) is 24.6. The summed E-state index contributed by atoms with van der Waals surface area (Å²) < 4.78 is 0. The van der Waals surface area contributed by atoms with Crippen LogP contribution in [-0.4, -0.2) is 38.3 Å². The highest BCUT2D eigenvalue weighted by atomic mass is 32.2. The van der Waals surface area contributed by atoms with Crippen molar-refractivity contribution < 1.29 is 19.8 Å². The highest BCUT2D eigenvalue weighted by Gasteiger charge is 2.40. The summed E-state index contributed by atoms with van der Waals surface area (Å²) in [5.74, 6) is -0.334. The Morgan fingerprint density at radius 1 is 1.07 bits per heavy atom. The van der Waals surface area contributed by atoms with E-state index in [9.17, 15) is 14.7 Å². The van der Waals surface area contributed by atoms with Crippen LogP contribution < -0.4 is 5.32 Å². The van der Waals surface area contributed by atoms with Crippen molar-refractivity contribution >= 4 is 23.6 Å². The number of amides is 1. The van der Waals surface area contributed by atoms with Crippen molar-refractivity contribution in [3.05, 3.63) is 35.4 Å². The van der Waals surface area contributed by atoms with E-state index in [1.54, 1.807) is 23.9 Å². The molecule has 148 valence electrons. The Hall–Kier alpha value is -1.53. The Kier molecular flexibility index (Phi) is 6.48. The number of hydrogen-bond acceptors (Lipinski definition) is 4. The zero-order chi connectivity index (χ0) is 19.3. The number of nitrogens with one attached hydrogen (secondary N) is 1. The molecule has 1 aliphatic carbocycles. The van der Waals surface area contributed by atoms with E-state index in [4.69, 9.17) is 5.11 Å². The van der Waals surface area contributed by atoms with Gasteiger partial charge in [-0.1, -0.05) is 31.4 Å². The average Bonchev–Trinajstić information content (AvgIpc) is 3.03. The van der Waals surface area contributed by atoms with Gasteiger partial charge in [-0.25, -0.2) is 4.79 Å². The fourth-order valence-corrected chi connectivity index (χ4v) is 5.41. The molecule has 2 fully saturated rings. The zero-order valence-electron chi connectivity index (χ0n) is 15.7. The van der Waals surface area contributed by atoms with Crippen LogP contribution in [0, 0.1) is 0 Å². The summed E-state index contributed by atoms with van der Waals surface area (Å²) >= 11 is 1.68. The maximum absolute atomic E-state index is 11.9. The van der Waals surface area contributed by atoms with Crippen LogP contribution >= 0.6 is 11.8 Å². The highest BCUT2D eigenvalue weighted by molar-refractivity contribution is 8.01. The van der Waals surface area contributed by atoms with E-state index in [-0.39, 0.29) is 10.8 Å². The van der Waals surface area contributed by atoms with E-state index >= 15 is 0 Å². The smallest absolute Gasteiger partial charge is 0.335 e. The lowest BCUT2D eigenvalue weighted by atomic mass is 9.80. The number of hydrogen-bond donors (Lipinski definition) is 3. The van der Waals surface area contributed by atoms with Crippen LogP contribution in [0.2, 0.25) is 0 Å². The van der Waals surface area contributed by atoms with Gasteiger partial charge < -0.3 is 15.5 Å². The molecule has 5 nitrogen and oxygen atoms in total. The molecule has 0 spiro atoms. The molecule has 1 heterocycles. The van der Waals surface area contributed by atoms with Crippen molar-refractivity contribution in [1.29, 1.82) is 0 Å². The topological polar surface area (TPSA) is 86.6 Å². The highest BCUT2D eigenvalue weighted by Crippen LogP contribution is 2.41. The number of carbonyl (C=O) groups excluding carboxylic acids is 1. The first-order valence-corrected chi connectivity index (χ1v) is 10.9. The van der Waals surface area contributed by atoms with E-state index in [1.165, 1.54) is 6.42 Å². The van der Waals surface area contributed by atoms with Gasteiger partial charge in [-0.15, -0.1) is 11.8 Å². The summed E-state index contributed by atoms with van der Waals surface area (Å²) in [5.41, 5.74) is 0.844. The van der Waals surface area contributed by atoms with Crippen LogP contribution in [0.5, 0.6) is 0 Å². The minimum Gasteiger partial charge on any atom is -0.478 e. The molecule has 1 saturated heterocycles. The second-order valence-corrected chi connectivity index (χ2v) is 9.33. The van der Waals surface area contributed by atoms with E-state index in [0.717, 1.165) is 63.4 Å². The first-order valence-electron chi connectivity index (χ1n) is 9.89.